The van der Waals surface area contributed by atoms with Crippen LogP contribution >= 0.6 is 22.9 Å². The van der Waals surface area contributed by atoms with Gasteiger partial charge in [0.25, 0.3) is 0 Å². The zero-order chi connectivity index (χ0) is 22.2. The molecular weight excluding hydrogens is 442 g/mol. The Kier molecular flexibility index (Phi) is 5.76. The highest BCUT2D eigenvalue weighted by atomic mass is 35.5. The number of likely N-dealkylation sites (tertiary alicyclic amines) is 1. The van der Waals surface area contributed by atoms with Crippen LogP contribution in [-0.2, 0) is 21.4 Å². The number of urea groups is 1. The molecule has 1 unspecified atom stereocenters. The first kappa shape index (κ1) is 21.4. The number of nitrogens with two attached hydrogens (primary N) is 1. The first-order valence-corrected chi connectivity index (χ1v) is 11.0. The minimum absolute atomic E-state index is 0.231. The molecule has 1 fully saturated rings. The first-order chi connectivity index (χ1) is 14.8. The molecule has 1 atom stereocenters. The van der Waals surface area contributed by atoms with Gasteiger partial charge in [-0.3, -0.25) is 15.0 Å². The molecule has 1 spiro atoms. The normalized spacial score (nSPS) is 19.5. The Morgan fingerprint density at radius 3 is 2.90 bits per heavy atom. The lowest BCUT2D eigenvalue weighted by Gasteiger charge is -2.25. The van der Waals surface area contributed by atoms with Gasteiger partial charge in [-0.1, -0.05) is 11.6 Å². The molecule has 1 aromatic heterocycles. The average Bonchev–Trinajstić information content (AvgIpc) is 3.45. The lowest BCUT2D eigenvalue weighted by molar-refractivity contribution is -0.117. The number of aromatic nitrogens is 1. The maximum atomic E-state index is 13.1. The average molecular weight is 464 g/mol. The van der Waals surface area contributed by atoms with E-state index in [1.54, 1.807) is 22.1 Å². The number of methoxy groups -OCH3 is 1. The van der Waals surface area contributed by atoms with Crippen molar-refractivity contribution in [3.05, 3.63) is 39.9 Å². The predicted octanol–water partition coefficient (Wildman–Crippen LogP) is 2.98. The van der Waals surface area contributed by atoms with E-state index in [0.29, 0.717) is 42.6 Å². The second kappa shape index (κ2) is 8.35. The number of hydrogen-bond donors (Lipinski definition) is 2. The summed E-state index contributed by atoms with van der Waals surface area (Å²) >= 11 is 7.57. The zero-order valence-electron chi connectivity index (χ0n) is 16.9. The molecule has 2 aromatic rings. The highest BCUT2D eigenvalue weighted by Crippen LogP contribution is 2.47. The molecule has 3 heterocycles. The van der Waals surface area contributed by atoms with Gasteiger partial charge in [0.05, 0.1) is 7.11 Å². The van der Waals surface area contributed by atoms with Crippen molar-refractivity contribution < 1.29 is 19.1 Å². The van der Waals surface area contributed by atoms with Gasteiger partial charge in [0.1, 0.15) is 0 Å². The van der Waals surface area contributed by atoms with E-state index in [1.165, 1.54) is 18.4 Å². The van der Waals surface area contributed by atoms with Crippen molar-refractivity contribution in [3.63, 3.8) is 0 Å². The second-order valence-corrected chi connectivity index (χ2v) is 9.25. The van der Waals surface area contributed by atoms with E-state index in [1.807, 2.05) is 12.1 Å². The van der Waals surface area contributed by atoms with Gasteiger partial charge in [-0.15, -0.1) is 11.3 Å². The summed E-state index contributed by atoms with van der Waals surface area (Å²) < 4.78 is 4.87. The van der Waals surface area contributed by atoms with E-state index in [-0.39, 0.29) is 24.5 Å². The van der Waals surface area contributed by atoms with Gasteiger partial charge in [-0.25, -0.2) is 14.6 Å². The Balaban J connectivity index is 1.54. The van der Waals surface area contributed by atoms with Crippen LogP contribution in [0.3, 0.4) is 0 Å². The number of primary amides is 1. The first-order valence-electron chi connectivity index (χ1n) is 9.76. The summed E-state index contributed by atoms with van der Waals surface area (Å²) in [5.74, 6) is -0.380. The van der Waals surface area contributed by atoms with Crippen molar-refractivity contribution in [1.29, 1.82) is 0 Å². The summed E-state index contributed by atoms with van der Waals surface area (Å²) in [6.45, 7) is 1.41. The summed E-state index contributed by atoms with van der Waals surface area (Å²) in [5, 5.41) is 3.87. The number of amides is 4. The number of nitrogens with one attached hydrogen (secondary N) is 1. The molecule has 0 bridgehead atoms. The number of aryl methyl sites for hydroxylation is 1. The van der Waals surface area contributed by atoms with Crippen LogP contribution in [-0.4, -0.2) is 54.7 Å². The number of carbonyl (C=O) groups is 3. The van der Waals surface area contributed by atoms with E-state index in [2.05, 4.69) is 10.3 Å². The molecule has 3 N–H and O–H groups in total. The fourth-order valence-corrected chi connectivity index (χ4v) is 5.19. The molecule has 31 heavy (non-hydrogen) atoms. The van der Waals surface area contributed by atoms with Gasteiger partial charge in [-0.2, -0.15) is 0 Å². The quantitative estimate of drug-likeness (QED) is 0.722. The molecule has 2 aliphatic rings. The molecule has 0 aliphatic carbocycles. The molecule has 164 valence electrons. The lowest BCUT2D eigenvalue weighted by Crippen LogP contribution is -2.41. The fraction of sp³-hybridized carbons (Fsp3) is 0.400. The molecule has 2 aliphatic heterocycles. The fourth-order valence-electron chi connectivity index (χ4n) is 4.22. The molecule has 4 rings (SSSR count). The highest BCUT2D eigenvalue weighted by molar-refractivity contribution is 7.15. The smallest absolute Gasteiger partial charge is 0.409 e. The van der Waals surface area contributed by atoms with Crippen molar-refractivity contribution in [3.8, 4) is 0 Å². The topological polar surface area (TPSA) is 118 Å². The number of benzene rings is 1. The van der Waals surface area contributed by atoms with Gasteiger partial charge in [0, 0.05) is 53.3 Å². The van der Waals surface area contributed by atoms with Crippen LogP contribution in [0.5, 0.6) is 0 Å². The van der Waals surface area contributed by atoms with Crippen LogP contribution < -0.4 is 16.0 Å². The molecule has 0 saturated carbocycles. The Morgan fingerprint density at radius 1 is 1.35 bits per heavy atom. The number of nitrogens with zero attached hydrogens (tertiary/aromatic N) is 3. The number of anilines is 2. The summed E-state index contributed by atoms with van der Waals surface area (Å²) in [6, 6.07) is 5.13. The molecule has 4 amide bonds. The Labute approximate surface area is 188 Å². The number of ether oxygens (including phenoxy) is 1. The number of fused-ring (bicyclic) bond motifs is 2. The van der Waals surface area contributed by atoms with E-state index in [9.17, 15) is 14.4 Å². The predicted molar refractivity (Wildman–Crippen MR) is 118 cm³/mol. The standard InChI is InChI=1S/C20H22ClN5O4S/c1-30-19(29)25-7-6-20(10-25)11-26(15-4-2-12(21)8-14(15)20)18(28)24-17-23-9-13(31-17)3-5-16(22)27/h2,4,8-9H,3,5-7,10-11H2,1H3,(H2,22,27)(H,23,24,28). The van der Waals surface area contributed by atoms with E-state index in [4.69, 9.17) is 22.1 Å². The minimum atomic E-state index is -0.401. The Bertz CT molecular complexity index is 1040. The lowest BCUT2D eigenvalue weighted by atomic mass is 9.81. The maximum absolute atomic E-state index is 13.1. The summed E-state index contributed by atoms with van der Waals surface area (Å²) in [6.07, 6.45) is 2.67. The van der Waals surface area contributed by atoms with Gasteiger partial charge in [0.15, 0.2) is 5.13 Å². The van der Waals surface area contributed by atoms with Crippen molar-refractivity contribution in [2.24, 2.45) is 5.73 Å². The van der Waals surface area contributed by atoms with Crippen molar-refractivity contribution in [1.82, 2.24) is 9.88 Å². The maximum Gasteiger partial charge on any atom is 0.409 e. The highest BCUT2D eigenvalue weighted by Gasteiger charge is 2.50. The van der Waals surface area contributed by atoms with Crippen molar-refractivity contribution in [2.45, 2.75) is 24.7 Å². The van der Waals surface area contributed by atoms with Crippen LogP contribution in [0.15, 0.2) is 24.4 Å². The van der Waals surface area contributed by atoms with Crippen LogP contribution in [0.1, 0.15) is 23.3 Å². The van der Waals surface area contributed by atoms with Crippen LogP contribution in [0, 0.1) is 0 Å². The molecule has 1 aromatic carbocycles. The van der Waals surface area contributed by atoms with Gasteiger partial charge >= 0.3 is 12.1 Å². The van der Waals surface area contributed by atoms with Crippen molar-refractivity contribution in [2.75, 3.05) is 37.0 Å². The molecule has 0 radical (unpaired) electrons. The number of thiazole rings is 1. The molecule has 1 saturated heterocycles. The number of hydrogen-bond acceptors (Lipinski definition) is 6. The van der Waals surface area contributed by atoms with Crippen LogP contribution in [0.2, 0.25) is 5.02 Å². The largest absolute Gasteiger partial charge is 0.453 e. The summed E-state index contributed by atoms with van der Waals surface area (Å²) in [4.78, 5) is 44.5. The SMILES string of the molecule is COC(=O)N1CCC2(C1)CN(C(=O)Nc1ncc(CCC(N)=O)s1)c1ccc(Cl)cc12. The number of carbonyl (C=O) groups excluding carboxylic acids is 3. The Hall–Kier alpha value is -2.85. The molecular formula is C20H22ClN5O4S. The Morgan fingerprint density at radius 2 is 2.16 bits per heavy atom. The van der Waals surface area contributed by atoms with Crippen LogP contribution in [0.25, 0.3) is 0 Å². The number of rotatable bonds is 4. The van der Waals surface area contributed by atoms with E-state index >= 15 is 0 Å². The van der Waals surface area contributed by atoms with Gasteiger partial charge in [-0.05, 0) is 36.6 Å². The summed E-state index contributed by atoms with van der Waals surface area (Å²) in [7, 11) is 1.36. The van der Waals surface area contributed by atoms with Gasteiger partial charge in [0.2, 0.25) is 5.91 Å². The van der Waals surface area contributed by atoms with Gasteiger partial charge < -0.3 is 15.4 Å². The van der Waals surface area contributed by atoms with Crippen LogP contribution in [0.4, 0.5) is 20.4 Å². The third kappa shape index (κ3) is 4.17. The third-order valence-corrected chi connectivity index (χ3v) is 6.91. The minimum Gasteiger partial charge on any atom is -0.453 e. The number of halogens is 1. The second-order valence-electron chi connectivity index (χ2n) is 7.70. The third-order valence-electron chi connectivity index (χ3n) is 5.70. The summed E-state index contributed by atoms with van der Waals surface area (Å²) in [5.41, 5.74) is 6.50. The molecule has 11 heteroatoms. The molecule has 9 nitrogen and oxygen atoms in total. The van der Waals surface area contributed by atoms with Crippen molar-refractivity contribution >= 4 is 51.8 Å². The van der Waals surface area contributed by atoms with E-state index < -0.39 is 5.41 Å². The monoisotopic (exact) mass is 463 g/mol. The zero-order valence-corrected chi connectivity index (χ0v) is 18.5. The van der Waals surface area contributed by atoms with E-state index in [0.717, 1.165) is 16.1 Å².